The van der Waals surface area contributed by atoms with Crippen LogP contribution in [0, 0.1) is 0 Å². The van der Waals surface area contributed by atoms with Gasteiger partial charge in [0.1, 0.15) is 4.88 Å². The molecule has 126 valence electrons. The average Bonchev–Trinajstić information content (AvgIpc) is 2.99. The van der Waals surface area contributed by atoms with Crippen molar-refractivity contribution in [3.8, 4) is 0 Å². The Balaban J connectivity index is 1.86. The van der Waals surface area contributed by atoms with Gasteiger partial charge in [0, 0.05) is 0 Å². The third kappa shape index (κ3) is 5.47. The monoisotopic (exact) mass is 365 g/mol. The molecule has 2 aromatic rings. The van der Waals surface area contributed by atoms with Crippen LogP contribution in [-0.4, -0.2) is 30.3 Å². The molecular formula is C17H16ClNO4S. The largest absolute Gasteiger partial charge is 0.451 e. The lowest BCUT2D eigenvalue weighted by atomic mass is 10.0. The first-order valence-corrected chi connectivity index (χ1v) is 8.41. The molecule has 1 aromatic carbocycles. The summed E-state index contributed by atoms with van der Waals surface area (Å²) >= 11 is 6.82. The SMILES string of the molecule is CC(=O)[C@H](Cc1ccccc1)NC(=O)COC(=O)c1ccc(Cl)s1. The molecule has 24 heavy (non-hydrogen) atoms. The lowest BCUT2D eigenvalue weighted by Gasteiger charge is -2.16. The first-order valence-electron chi connectivity index (χ1n) is 7.22. The number of benzene rings is 1. The zero-order valence-corrected chi connectivity index (χ0v) is 14.5. The lowest BCUT2D eigenvalue weighted by Crippen LogP contribution is -2.43. The van der Waals surface area contributed by atoms with Gasteiger partial charge in [-0.1, -0.05) is 41.9 Å². The number of ether oxygens (including phenoxy) is 1. The smallest absolute Gasteiger partial charge is 0.348 e. The number of Topliss-reactive ketones (excluding diaryl/α,β-unsaturated/α-hetero) is 1. The number of esters is 1. The van der Waals surface area contributed by atoms with Crippen molar-refractivity contribution in [1.82, 2.24) is 5.32 Å². The summed E-state index contributed by atoms with van der Waals surface area (Å²) in [6, 6.07) is 11.8. The van der Waals surface area contributed by atoms with Crippen molar-refractivity contribution < 1.29 is 19.1 Å². The van der Waals surface area contributed by atoms with Gasteiger partial charge in [-0.25, -0.2) is 4.79 Å². The quantitative estimate of drug-likeness (QED) is 0.766. The van der Waals surface area contributed by atoms with Crippen molar-refractivity contribution >= 4 is 40.6 Å². The van der Waals surface area contributed by atoms with Gasteiger partial charge in [-0.15, -0.1) is 11.3 Å². The van der Waals surface area contributed by atoms with Crippen molar-refractivity contribution in [1.29, 1.82) is 0 Å². The van der Waals surface area contributed by atoms with Crippen LogP contribution < -0.4 is 5.32 Å². The first-order chi connectivity index (χ1) is 11.5. The number of hydrogen-bond acceptors (Lipinski definition) is 5. The Labute approximate surface area is 148 Å². The molecule has 0 aliphatic heterocycles. The van der Waals surface area contributed by atoms with E-state index in [1.807, 2.05) is 30.3 Å². The highest BCUT2D eigenvalue weighted by atomic mass is 35.5. The van der Waals surface area contributed by atoms with E-state index in [1.165, 1.54) is 13.0 Å². The van der Waals surface area contributed by atoms with Gasteiger partial charge in [-0.05, 0) is 31.0 Å². The summed E-state index contributed by atoms with van der Waals surface area (Å²) in [5.74, 6) is -1.31. The van der Waals surface area contributed by atoms with Gasteiger partial charge >= 0.3 is 5.97 Å². The maximum absolute atomic E-state index is 11.9. The zero-order valence-electron chi connectivity index (χ0n) is 13.0. The summed E-state index contributed by atoms with van der Waals surface area (Å²) < 4.78 is 5.39. The predicted molar refractivity (Wildman–Crippen MR) is 92.4 cm³/mol. The molecule has 1 atom stereocenters. The van der Waals surface area contributed by atoms with Crippen LogP contribution in [0.25, 0.3) is 0 Å². The van der Waals surface area contributed by atoms with Crippen LogP contribution in [0.1, 0.15) is 22.2 Å². The van der Waals surface area contributed by atoms with Crippen LogP contribution in [0.3, 0.4) is 0 Å². The van der Waals surface area contributed by atoms with E-state index < -0.39 is 24.5 Å². The third-order valence-corrected chi connectivity index (χ3v) is 4.43. The Bertz CT molecular complexity index is 729. The van der Waals surface area contributed by atoms with Crippen LogP contribution in [0.5, 0.6) is 0 Å². The number of nitrogens with one attached hydrogen (secondary N) is 1. The minimum absolute atomic E-state index is 0.163. The number of carbonyl (C=O) groups excluding carboxylic acids is 3. The van der Waals surface area contributed by atoms with Crippen LogP contribution in [0.2, 0.25) is 4.34 Å². The molecular weight excluding hydrogens is 350 g/mol. The predicted octanol–water partition coefficient (Wildman–Crippen LogP) is 2.87. The van der Waals surface area contributed by atoms with Crippen molar-refractivity contribution in [3.05, 3.63) is 57.2 Å². The van der Waals surface area contributed by atoms with Crippen molar-refractivity contribution in [3.63, 3.8) is 0 Å². The Morgan fingerprint density at radius 2 is 1.88 bits per heavy atom. The van der Waals surface area contributed by atoms with E-state index >= 15 is 0 Å². The molecule has 1 N–H and O–H groups in total. The summed E-state index contributed by atoms with van der Waals surface area (Å²) in [4.78, 5) is 35.7. The van der Waals surface area contributed by atoms with Gasteiger partial charge in [0.25, 0.3) is 5.91 Å². The van der Waals surface area contributed by atoms with E-state index in [0.29, 0.717) is 15.6 Å². The maximum Gasteiger partial charge on any atom is 0.348 e. The molecule has 0 radical (unpaired) electrons. The molecule has 2 rings (SSSR count). The molecule has 0 aliphatic carbocycles. The van der Waals surface area contributed by atoms with E-state index in [2.05, 4.69) is 5.32 Å². The highest BCUT2D eigenvalue weighted by molar-refractivity contribution is 7.17. The van der Waals surface area contributed by atoms with E-state index in [-0.39, 0.29) is 5.78 Å². The highest BCUT2D eigenvalue weighted by Crippen LogP contribution is 2.21. The molecule has 1 heterocycles. The Morgan fingerprint density at radius 1 is 1.17 bits per heavy atom. The van der Waals surface area contributed by atoms with Gasteiger partial charge in [0.15, 0.2) is 12.4 Å². The lowest BCUT2D eigenvalue weighted by molar-refractivity contribution is -0.128. The zero-order chi connectivity index (χ0) is 17.5. The summed E-state index contributed by atoms with van der Waals surface area (Å²) in [5.41, 5.74) is 0.934. The summed E-state index contributed by atoms with van der Waals surface area (Å²) in [5, 5.41) is 2.59. The topological polar surface area (TPSA) is 72.5 Å². The van der Waals surface area contributed by atoms with Gasteiger partial charge in [0.2, 0.25) is 0 Å². The normalized spacial score (nSPS) is 11.6. The number of ketones is 1. The van der Waals surface area contributed by atoms with Crippen LogP contribution >= 0.6 is 22.9 Å². The number of hydrogen-bond donors (Lipinski definition) is 1. The number of thiophene rings is 1. The van der Waals surface area contributed by atoms with E-state index in [4.69, 9.17) is 16.3 Å². The second-order valence-electron chi connectivity index (χ2n) is 5.10. The van der Waals surface area contributed by atoms with Crippen molar-refractivity contribution in [2.24, 2.45) is 0 Å². The van der Waals surface area contributed by atoms with E-state index in [0.717, 1.165) is 16.9 Å². The number of rotatable bonds is 7. The molecule has 5 nitrogen and oxygen atoms in total. The average molecular weight is 366 g/mol. The van der Waals surface area contributed by atoms with E-state index in [9.17, 15) is 14.4 Å². The van der Waals surface area contributed by atoms with E-state index in [1.54, 1.807) is 6.07 Å². The Morgan fingerprint density at radius 3 is 2.46 bits per heavy atom. The summed E-state index contributed by atoms with van der Waals surface area (Å²) in [6.45, 7) is 0.959. The molecule has 1 aromatic heterocycles. The molecule has 0 spiro atoms. The molecule has 7 heteroatoms. The number of carbonyl (C=O) groups is 3. The van der Waals surface area contributed by atoms with Gasteiger partial charge < -0.3 is 10.1 Å². The molecule has 0 unspecified atom stereocenters. The van der Waals surface area contributed by atoms with Crippen molar-refractivity contribution in [2.75, 3.05) is 6.61 Å². The molecule has 0 fully saturated rings. The van der Waals surface area contributed by atoms with Crippen LogP contribution in [0.15, 0.2) is 42.5 Å². The standard InChI is InChI=1S/C17H16ClNO4S/c1-11(20)13(9-12-5-3-2-4-6-12)19-16(21)10-23-17(22)14-7-8-15(18)24-14/h2-8,13H,9-10H2,1H3,(H,19,21)/t13-/m0/s1. The summed E-state index contributed by atoms with van der Waals surface area (Å²) in [6.07, 6.45) is 0.385. The second-order valence-corrected chi connectivity index (χ2v) is 6.82. The molecule has 0 saturated heterocycles. The van der Waals surface area contributed by atoms with Gasteiger partial charge in [-0.3, -0.25) is 9.59 Å². The molecule has 0 bridgehead atoms. The van der Waals surface area contributed by atoms with Gasteiger partial charge in [-0.2, -0.15) is 0 Å². The maximum atomic E-state index is 11.9. The minimum Gasteiger partial charge on any atom is -0.451 e. The molecule has 0 aliphatic rings. The Kier molecular flexibility index (Phi) is 6.52. The molecule has 0 saturated carbocycles. The summed E-state index contributed by atoms with van der Waals surface area (Å²) in [7, 11) is 0. The highest BCUT2D eigenvalue weighted by Gasteiger charge is 2.19. The fourth-order valence-corrected chi connectivity index (χ4v) is 2.95. The fraction of sp³-hybridized carbons (Fsp3) is 0.235. The second kappa shape index (κ2) is 8.61. The fourth-order valence-electron chi connectivity index (χ4n) is 2.01. The first kappa shape index (κ1) is 18.2. The molecule has 1 amide bonds. The number of amides is 1. The van der Waals surface area contributed by atoms with Gasteiger partial charge in [0.05, 0.1) is 10.4 Å². The van der Waals surface area contributed by atoms with Crippen LogP contribution in [0.4, 0.5) is 0 Å². The number of halogens is 1. The van der Waals surface area contributed by atoms with Crippen LogP contribution in [-0.2, 0) is 20.7 Å². The third-order valence-electron chi connectivity index (χ3n) is 3.22. The Hall–Kier alpha value is -2.18. The van der Waals surface area contributed by atoms with Crippen molar-refractivity contribution in [2.45, 2.75) is 19.4 Å². The minimum atomic E-state index is -0.658.